The van der Waals surface area contributed by atoms with Crippen molar-refractivity contribution in [2.45, 2.75) is 19.3 Å². The molecule has 1 aromatic rings. The van der Waals surface area contributed by atoms with Crippen molar-refractivity contribution in [3.63, 3.8) is 0 Å². The van der Waals surface area contributed by atoms with Gasteiger partial charge in [0.15, 0.2) is 0 Å². The number of anilines is 1. The fourth-order valence-electron chi connectivity index (χ4n) is 1.78. The summed E-state index contributed by atoms with van der Waals surface area (Å²) in [6.07, 6.45) is 3.04. The van der Waals surface area contributed by atoms with Crippen LogP contribution in [0.4, 0.5) is 5.69 Å². The Morgan fingerprint density at radius 2 is 2.33 bits per heavy atom. The maximum atomic E-state index is 8.64. The van der Waals surface area contributed by atoms with E-state index in [-0.39, 0.29) is 6.61 Å². The third-order valence-electron chi connectivity index (χ3n) is 2.59. The standard InChI is InChI=1S/C12H17NO2/c14-7-2-8-15-11-5-4-10-3-1-6-13-12(10)9-11/h4-5,9,13-14H,1-3,6-8H2. The number of ether oxygens (including phenoxy) is 1. The van der Waals surface area contributed by atoms with Crippen molar-refractivity contribution in [2.24, 2.45) is 0 Å². The molecule has 1 aliphatic heterocycles. The van der Waals surface area contributed by atoms with Crippen LogP contribution in [-0.2, 0) is 6.42 Å². The second kappa shape index (κ2) is 5.03. The van der Waals surface area contributed by atoms with E-state index in [1.54, 1.807) is 0 Å². The second-order valence-corrected chi connectivity index (χ2v) is 3.77. The Hall–Kier alpha value is -1.22. The highest BCUT2D eigenvalue weighted by molar-refractivity contribution is 5.56. The summed E-state index contributed by atoms with van der Waals surface area (Å²) >= 11 is 0. The summed E-state index contributed by atoms with van der Waals surface area (Å²) in [5.74, 6) is 0.886. The van der Waals surface area contributed by atoms with Crippen LogP contribution in [0.3, 0.4) is 0 Å². The van der Waals surface area contributed by atoms with Gasteiger partial charge in [0.25, 0.3) is 0 Å². The van der Waals surface area contributed by atoms with Crippen LogP contribution in [0, 0.1) is 0 Å². The van der Waals surface area contributed by atoms with Gasteiger partial charge < -0.3 is 15.2 Å². The van der Waals surface area contributed by atoms with E-state index in [0.29, 0.717) is 13.0 Å². The lowest BCUT2D eigenvalue weighted by molar-refractivity contribution is 0.233. The number of nitrogens with one attached hydrogen (secondary N) is 1. The Labute approximate surface area is 90.1 Å². The van der Waals surface area contributed by atoms with E-state index in [0.717, 1.165) is 18.7 Å². The first kappa shape index (κ1) is 10.3. The van der Waals surface area contributed by atoms with Crippen LogP contribution in [0.2, 0.25) is 0 Å². The third kappa shape index (κ3) is 2.63. The van der Waals surface area contributed by atoms with E-state index in [1.165, 1.54) is 17.7 Å². The van der Waals surface area contributed by atoms with Gasteiger partial charge in [-0.25, -0.2) is 0 Å². The van der Waals surface area contributed by atoms with E-state index in [2.05, 4.69) is 11.4 Å². The molecule has 1 aliphatic rings. The third-order valence-corrected chi connectivity index (χ3v) is 2.59. The minimum Gasteiger partial charge on any atom is -0.493 e. The molecule has 3 nitrogen and oxygen atoms in total. The molecule has 0 bridgehead atoms. The van der Waals surface area contributed by atoms with Gasteiger partial charge in [-0.1, -0.05) is 6.07 Å². The fraction of sp³-hybridized carbons (Fsp3) is 0.500. The second-order valence-electron chi connectivity index (χ2n) is 3.77. The van der Waals surface area contributed by atoms with Crippen LogP contribution in [0.15, 0.2) is 18.2 Å². The van der Waals surface area contributed by atoms with Crippen molar-refractivity contribution in [1.82, 2.24) is 0 Å². The van der Waals surface area contributed by atoms with Gasteiger partial charge in [0.2, 0.25) is 0 Å². The quantitative estimate of drug-likeness (QED) is 0.740. The van der Waals surface area contributed by atoms with Gasteiger partial charge in [0, 0.05) is 31.3 Å². The van der Waals surface area contributed by atoms with Crippen molar-refractivity contribution < 1.29 is 9.84 Å². The van der Waals surface area contributed by atoms with Crippen LogP contribution in [0.1, 0.15) is 18.4 Å². The lowest BCUT2D eigenvalue weighted by Gasteiger charge is -2.18. The molecule has 3 heteroatoms. The highest BCUT2D eigenvalue weighted by Gasteiger charge is 2.08. The number of aryl methyl sites for hydroxylation is 1. The molecule has 2 rings (SSSR count). The number of fused-ring (bicyclic) bond motifs is 1. The molecule has 0 saturated carbocycles. The van der Waals surface area contributed by atoms with Crippen LogP contribution in [0.25, 0.3) is 0 Å². The number of aliphatic hydroxyl groups is 1. The molecule has 0 fully saturated rings. The minimum atomic E-state index is 0.184. The average molecular weight is 207 g/mol. The maximum Gasteiger partial charge on any atom is 0.121 e. The molecular weight excluding hydrogens is 190 g/mol. The van der Waals surface area contributed by atoms with Gasteiger partial charge in [0.1, 0.15) is 5.75 Å². The van der Waals surface area contributed by atoms with Gasteiger partial charge >= 0.3 is 0 Å². The van der Waals surface area contributed by atoms with Crippen LogP contribution < -0.4 is 10.1 Å². The summed E-state index contributed by atoms with van der Waals surface area (Å²) in [4.78, 5) is 0. The summed E-state index contributed by atoms with van der Waals surface area (Å²) in [6, 6.07) is 6.17. The molecule has 82 valence electrons. The molecule has 0 spiro atoms. The first-order chi connectivity index (χ1) is 7.40. The Balaban J connectivity index is 2.00. The molecular formula is C12H17NO2. The number of hydrogen-bond donors (Lipinski definition) is 2. The molecule has 0 aliphatic carbocycles. The molecule has 0 aromatic heterocycles. The van der Waals surface area contributed by atoms with Gasteiger partial charge in [-0.2, -0.15) is 0 Å². The van der Waals surface area contributed by atoms with E-state index in [9.17, 15) is 0 Å². The Kier molecular flexibility index (Phi) is 3.45. The smallest absolute Gasteiger partial charge is 0.121 e. The van der Waals surface area contributed by atoms with Crippen molar-refractivity contribution in [3.8, 4) is 5.75 Å². The van der Waals surface area contributed by atoms with Crippen LogP contribution in [-0.4, -0.2) is 24.9 Å². The molecule has 0 saturated heterocycles. The highest BCUT2D eigenvalue weighted by atomic mass is 16.5. The minimum absolute atomic E-state index is 0.184. The van der Waals surface area contributed by atoms with Crippen molar-refractivity contribution in [1.29, 1.82) is 0 Å². The molecule has 0 atom stereocenters. The van der Waals surface area contributed by atoms with E-state index in [1.807, 2.05) is 12.1 Å². The number of rotatable bonds is 4. The van der Waals surface area contributed by atoms with Crippen LogP contribution in [0.5, 0.6) is 5.75 Å². The highest BCUT2D eigenvalue weighted by Crippen LogP contribution is 2.26. The summed E-state index contributed by atoms with van der Waals surface area (Å²) in [6.45, 7) is 1.81. The molecule has 2 N–H and O–H groups in total. The lowest BCUT2D eigenvalue weighted by atomic mass is 10.0. The van der Waals surface area contributed by atoms with Crippen LogP contribution >= 0.6 is 0 Å². The molecule has 15 heavy (non-hydrogen) atoms. The normalized spacial score (nSPS) is 14.2. The van der Waals surface area contributed by atoms with Gasteiger partial charge in [-0.15, -0.1) is 0 Å². The Morgan fingerprint density at radius 3 is 3.20 bits per heavy atom. The zero-order valence-electron chi connectivity index (χ0n) is 8.83. The Bertz CT molecular complexity index is 325. The predicted octanol–water partition coefficient (Wildman–Crippen LogP) is 1.81. The van der Waals surface area contributed by atoms with E-state index < -0.39 is 0 Å². The first-order valence-corrected chi connectivity index (χ1v) is 5.50. The number of hydrogen-bond acceptors (Lipinski definition) is 3. The average Bonchev–Trinajstić information content (AvgIpc) is 2.29. The van der Waals surface area contributed by atoms with E-state index >= 15 is 0 Å². The summed E-state index contributed by atoms with van der Waals surface area (Å²) < 4.78 is 5.51. The van der Waals surface area contributed by atoms with Crippen molar-refractivity contribution in [2.75, 3.05) is 25.1 Å². The van der Waals surface area contributed by atoms with E-state index in [4.69, 9.17) is 9.84 Å². The largest absolute Gasteiger partial charge is 0.493 e. The molecule has 1 heterocycles. The Morgan fingerprint density at radius 1 is 1.40 bits per heavy atom. The lowest BCUT2D eigenvalue weighted by Crippen LogP contribution is -2.11. The number of benzene rings is 1. The molecule has 0 radical (unpaired) electrons. The topological polar surface area (TPSA) is 41.5 Å². The zero-order valence-corrected chi connectivity index (χ0v) is 8.83. The van der Waals surface area contributed by atoms with Gasteiger partial charge in [-0.05, 0) is 24.5 Å². The van der Waals surface area contributed by atoms with Gasteiger partial charge in [-0.3, -0.25) is 0 Å². The molecule has 1 aromatic carbocycles. The summed E-state index contributed by atoms with van der Waals surface area (Å²) in [5, 5.41) is 12.0. The fourth-order valence-corrected chi connectivity index (χ4v) is 1.78. The number of aliphatic hydroxyl groups excluding tert-OH is 1. The maximum absolute atomic E-state index is 8.64. The molecule has 0 unspecified atom stereocenters. The zero-order chi connectivity index (χ0) is 10.5. The van der Waals surface area contributed by atoms with Gasteiger partial charge in [0.05, 0.1) is 6.61 Å². The first-order valence-electron chi connectivity index (χ1n) is 5.50. The monoisotopic (exact) mass is 207 g/mol. The van der Waals surface area contributed by atoms with Crippen molar-refractivity contribution >= 4 is 5.69 Å². The van der Waals surface area contributed by atoms with Crippen molar-refractivity contribution in [3.05, 3.63) is 23.8 Å². The SMILES string of the molecule is OCCCOc1ccc2c(c1)NCCC2. The summed E-state index contributed by atoms with van der Waals surface area (Å²) in [7, 11) is 0. The predicted molar refractivity (Wildman–Crippen MR) is 60.5 cm³/mol. The summed E-state index contributed by atoms with van der Waals surface area (Å²) in [5.41, 5.74) is 2.57. The molecule has 0 amide bonds.